The lowest BCUT2D eigenvalue weighted by Crippen LogP contribution is -2.40. The van der Waals surface area contributed by atoms with Crippen LogP contribution < -0.4 is 16.0 Å². The second-order valence-corrected chi connectivity index (χ2v) is 9.76. The molecule has 0 bridgehead atoms. The summed E-state index contributed by atoms with van der Waals surface area (Å²) in [7, 11) is 0. The van der Waals surface area contributed by atoms with E-state index < -0.39 is 23.5 Å². The van der Waals surface area contributed by atoms with E-state index in [0.717, 1.165) is 43.9 Å². The molecular weight excluding hydrogens is 530 g/mol. The van der Waals surface area contributed by atoms with Gasteiger partial charge in [-0.25, -0.2) is 0 Å². The third-order valence-electron chi connectivity index (χ3n) is 6.39. The molecular formula is C30H36F6N4. The number of hydrogen-bond acceptors (Lipinski definition) is 4. The average molecular weight is 567 g/mol. The molecule has 0 aromatic heterocycles. The van der Waals surface area contributed by atoms with Crippen molar-refractivity contribution >= 4 is 0 Å². The Bertz CT molecular complexity index is 1110. The zero-order chi connectivity index (χ0) is 29.0. The Hall–Kier alpha value is -2.92. The number of halogens is 6. The zero-order valence-electron chi connectivity index (χ0n) is 22.5. The maximum atomic E-state index is 13.0. The van der Waals surface area contributed by atoms with E-state index >= 15 is 0 Å². The van der Waals surface area contributed by atoms with E-state index in [2.05, 4.69) is 33.0 Å². The Morgan fingerprint density at radius 1 is 0.550 bits per heavy atom. The predicted octanol–water partition coefficient (Wildman–Crippen LogP) is 6.00. The Morgan fingerprint density at radius 2 is 0.925 bits per heavy atom. The lowest BCUT2D eigenvalue weighted by Gasteiger charge is -2.23. The van der Waals surface area contributed by atoms with Gasteiger partial charge >= 0.3 is 12.4 Å². The van der Waals surface area contributed by atoms with Gasteiger partial charge in [0.25, 0.3) is 0 Å². The fraction of sp³-hybridized carbons (Fsp3) is 0.400. The molecule has 0 saturated heterocycles. The van der Waals surface area contributed by atoms with Crippen LogP contribution in [0, 0.1) is 6.92 Å². The number of rotatable bonds is 15. The van der Waals surface area contributed by atoms with E-state index in [1.54, 1.807) is 12.1 Å². The summed E-state index contributed by atoms with van der Waals surface area (Å²) in [6.45, 7) is 7.35. The van der Waals surface area contributed by atoms with Crippen molar-refractivity contribution in [1.82, 2.24) is 20.9 Å². The fourth-order valence-corrected chi connectivity index (χ4v) is 4.28. The molecule has 3 aromatic rings. The van der Waals surface area contributed by atoms with Crippen LogP contribution in [-0.2, 0) is 32.0 Å². The van der Waals surface area contributed by atoms with Gasteiger partial charge in [0.15, 0.2) is 0 Å². The molecule has 4 nitrogen and oxygen atoms in total. The molecule has 0 aliphatic heterocycles. The zero-order valence-corrected chi connectivity index (χ0v) is 22.5. The summed E-state index contributed by atoms with van der Waals surface area (Å²) in [5.74, 6) is 0. The third kappa shape index (κ3) is 11.3. The summed E-state index contributed by atoms with van der Waals surface area (Å²) in [6.07, 6.45) is -8.75. The molecule has 0 unspecified atom stereocenters. The summed E-state index contributed by atoms with van der Waals surface area (Å²) < 4.78 is 77.9. The summed E-state index contributed by atoms with van der Waals surface area (Å²) in [4.78, 5) is 2.21. The minimum Gasteiger partial charge on any atom is -0.311 e. The first kappa shape index (κ1) is 31.6. The molecule has 0 aliphatic rings. The molecule has 0 amide bonds. The Morgan fingerprint density at radius 3 is 1.30 bits per heavy atom. The van der Waals surface area contributed by atoms with Gasteiger partial charge in [0.05, 0.1) is 11.1 Å². The van der Waals surface area contributed by atoms with E-state index in [-0.39, 0.29) is 0 Å². The maximum absolute atomic E-state index is 13.0. The van der Waals surface area contributed by atoms with Crippen LogP contribution in [-0.4, -0.2) is 44.2 Å². The second kappa shape index (κ2) is 15.2. The van der Waals surface area contributed by atoms with Gasteiger partial charge in [-0.15, -0.1) is 0 Å². The van der Waals surface area contributed by atoms with Crippen molar-refractivity contribution in [1.29, 1.82) is 0 Å². The lowest BCUT2D eigenvalue weighted by atomic mass is 10.1. The van der Waals surface area contributed by atoms with Crippen LogP contribution in [0.2, 0.25) is 0 Å². The van der Waals surface area contributed by atoms with Gasteiger partial charge in [-0.3, -0.25) is 4.90 Å². The number of nitrogens with zero attached hydrogens (tertiary/aromatic N) is 1. The highest BCUT2D eigenvalue weighted by Crippen LogP contribution is 2.30. The molecule has 3 aromatic carbocycles. The van der Waals surface area contributed by atoms with Crippen molar-refractivity contribution in [2.45, 2.75) is 38.9 Å². The summed E-state index contributed by atoms with van der Waals surface area (Å²) in [6, 6.07) is 18.8. The second-order valence-electron chi connectivity index (χ2n) is 9.76. The van der Waals surface area contributed by atoms with Gasteiger partial charge in [0, 0.05) is 58.9 Å². The fourth-order valence-electron chi connectivity index (χ4n) is 4.28. The average Bonchev–Trinajstić information content (AvgIpc) is 2.90. The summed E-state index contributed by atoms with van der Waals surface area (Å²) >= 11 is 0. The van der Waals surface area contributed by atoms with Crippen molar-refractivity contribution in [3.8, 4) is 0 Å². The molecule has 0 atom stereocenters. The number of benzene rings is 3. The van der Waals surface area contributed by atoms with E-state index in [4.69, 9.17) is 0 Å². The van der Waals surface area contributed by atoms with E-state index in [1.807, 2.05) is 19.1 Å². The molecule has 0 radical (unpaired) electrons. The molecule has 0 fully saturated rings. The molecule has 10 heteroatoms. The van der Waals surface area contributed by atoms with E-state index in [0.29, 0.717) is 50.4 Å². The summed E-state index contributed by atoms with van der Waals surface area (Å²) in [5, 5.41) is 9.86. The maximum Gasteiger partial charge on any atom is 0.416 e. The first-order chi connectivity index (χ1) is 19.0. The quantitative estimate of drug-likeness (QED) is 0.156. The van der Waals surface area contributed by atoms with Crippen LogP contribution in [0.1, 0.15) is 33.4 Å². The van der Waals surface area contributed by atoms with Crippen molar-refractivity contribution in [2.75, 3.05) is 39.3 Å². The Labute approximate surface area is 231 Å². The minimum atomic E-state index is -4.38. The van der Waals surface area contributed by atoms with Gasteiger partial charge < -0.3 is 16.0 Å². The standard InChI is InChI=1S/C30H36F6N4/c1-23-5-2-6-24(17-23)20-37-11-14-40(15-12-38-21-25-7-3-9-27(18-25)29(31,32)33)16-13-39-22-26-8-4-10-28(19-26)30(34,35)36/h2-10,17-19,37-39H,11-16,20-22H2,1H3. The van der Waals surface area contributed by atoms with Crippen LogP contribution in [0.5, 0.6) is 0 Å². The number of nitrogens with one attached hydrogen (secondary N) is 3. The van der Waals surface area contributed by atoms with Crippen LogP contribution in [0.3, 0.4) is 0 Å². The molecule has 0 aliphatic carbocycles. The van der Waals surface area contributed by atoms with Gasteiger partial charge in [-0.2, -0.15) is 26.3 Å². The highest BCUT2D eigenvalue weighted by molar-refractivity contribution is 5.26. The topological polar surface area (TPSA) is 39.3 Å². The smallest absolute Gasteiger partial charge is 0.311 e. The molecule has 0 spiro atoms. The monoisotopic (exact) mass is 566 g/mol. The van der Waals surface area contributed by atoms with Crippen LogP contribution in [0.15, 0.2) is 72.8 Å². The molecule has 3 N–H and O–H groups in total. The molecule has 0 heterocycles. The predicted molar refractivity (Wildman–Crippen MR) is 146 cm³/mol. The summed E-state index contributed by atoms with van der Waals surface area (Å²) in [5.41, 5.74) is 2.17. The highest BCUT2D eigenvalue weighted by atomic mass is 19.4. The van der Waals surface area contributed by atoms with Gasteiger partial charge in [-0.05, 0) is 35.7 Å². The van der Waals surface area contributed by atoms with Gasteiger partial charge in [0.2, 0.25) is 0 Å². The normalized spacial score (nSPS) is 12.3. The van der Waals surface area contributed by atoms with Crippen molar-refractivity contribution < 1.29 is 26.3 Å². The van der Waals surface area contributed by atoms with Crippen molar-refractivity contribution in [3.05, 3.63) is 106 Å². The molecule has 218 valence electrons. The minimum absolute atomic E-state index is 0.317. The van der Waals surface area contributed by atoms with Crippen LogP contribution >= 0.6 is 0 Å². The molecule has 3 rings (SSSR count). The third-order valence-corrected chi connectivity index (χ3v) is 6.39. The number of hydrogen-bond donors (Lipinski definition) is 3. The first-order valence-electron chi connectivity index (χ1n) is 13.2. The van der Waals surface area contributed by atoms with Crippen LogP contribution in [0.4, 0.5) is 26.3 Å². The van der Waals surface area contributed by atoms with Gasteiger partial charge in [0.1, 0.15) is 0 Å². The number of aryl methyl sites for hydroxylation is 1. The van der Waals surface area contributed by atoms with Crippen LogP contribution in [0.25, 0.3) is 0 Å². The molecule has 0 saturated carbocycles. The van der Waals surface area contributed by atoms with E-state index in [1.165, 1.54) is 23.3 Å². The molecule has 40 heavy (non-hydrogen) atoms. The van der Waals surface area contributed by atoms with Crippen molar-refractivity contribution in [3.63, 3.8) is 0 Å². The Balaban J connectivity index is 1.47. The SMILES string of the molecule is Cc1cccc(CNCCN(CCNCc2cccc(C(F)(F)F)c2)CCNCc2cccc(C(F)(F)F)c2)c1. The van der Waals surface area contributed by atoms with Gasteiger partial charge in [-0.1, -0.05) is 66.2 Å². The number of alkyl halides is 6. The van der Waals surface area contributed by atoms with E-state index in [9.17, 15) is 26.3 Å². The first-order valence-corrected chi connectivity index (χ1v) is 13.2. The highest BCUT2D eigenvalue weighted by Gasteiger charge is 2.31. The Kier molecular flexibility index (Phi) is 12.0. The largest absolute Gasteiger partial charge is 0.416 e. The lowest BCUT2D eigenvalue weighted by molar-refractivity contribution is -0.138. The van der Waals surface area contributed by atoms with Crippen molar-refractivity contribution in [2.24, 2.45) is 0 Å².